The molecule has 5 heterocycles. The first kappa shape index (κ1) is 20.7. The average molecular weight is 457 g/mol. The number of amides is 1. The maximum absolute atomic E-state index is 13.4. The third kappa shape index (κ3) is 4.02. The smallest absolute Gasteiger partial charge is 0.267 e. The van der Waals surface area contributed by atoms with Gasteiger partial charge in [0.25, 0.3) is 11.5 Å². The number of rotatable bonds is 4. The fourth-order valence-electron chi connectivity index (χ4n) is 4.34. The zero-order valence-corrected chi connectivity index (χ0v) is 18.8. The summed E-state index contributed by atoms with van der Waals surface area (Å²) >= 11 is 6.72. The highest BCUT2D eigenvalue weighted by Crippen LogP contribution is 2.34. The minimum absolute atomic E-state index is 0.0266. The second-order valence-corrected chi connectivity index (χ2v) is 9.73. The van der Waals surface area contributed by atoms with E-state index in [1.165, 1.54) is 22.6 Å². The van der Waals surface area contributed by atoms with Crippen LogP contribution < -0.4 is 10.5 Å². The summed E-state index contributed by atoms with van der Waals surface area (Å²) in [6, 6.07) is 5.51. The molecule has 0 bridgehead atoms. The summed E-state index contributed by atoms with van der Waals surface area (Å²) in [5.41, 5.74) is 0.884. The van der Waals surface area contributed by atoms with E-state index >= 15 is 0 Å². The van der Waals surface area contributed by atoms with E-state index in [9.17, 15) is 9.59 Å². The predicted molar refractivity (Wildman–Crippen MR) is 126 cm³/mol. The highest BCUT2D eigenvalue weighted by Gasteiger charge is 2.35. The average Bonchev–Trinajstić information content (AvgIpc) is 3.40. The van der Waals surface area contributed by atoms with Crippen molar-refractivity contribution in [3.05, 3.63) is 45.2 Å². The lowest BCUT2D eigenvalue weighted by Gasteiger charge is -2.29. The van der Waals surface area contributed by atoms with Gasteiger partial charge in [-0.2, -0.15) is 0 Å². The number of hydrogen-bond acceptors (Lipinski definition) is 7. The molecule has 3 aliphatic heterocycles. The number of hydrogen-bond donors (Lipinski definition) is 0. The van der Waals surface area contributed by atoms with Gasteiger partial charge in [0.15, 0.2) is 0 Å². The van der Waals surface area contributed by atoms with Crippen LogP contribution in [0.25, 0.3) is 11.7 Å². The number of ether oxygens (including phenoxy) is 1. The monoisotopic (exact) mass is 456 g/mol. The Hall–Kier alpha value is -2.23. The molecule has 31 heavy (non-hydrogen) atoms. The van der Waals surface area contributed by atoms with Crippen molar-refractivity contribution < 1.29 is 9.53 Å². The lowest BCUT2D eigenvalue weighted by atomic mass is 10.1. The van der Waals surface area contributed by atoms with Crippen LogP contribution in [-0.2, 0) is 9.53 Å². The van der Waals surface area contributed by atoms with Gasteiger partial charge in [0.1, 0.15) is 15.8 Å². The first-order valence-electron chi connectivity index (χ1n) is 10.7. The lowest BCUT2D eigenvalue weighted by molar-refractivity contribution is -0.123. The normalized spacial score (nSPS) is 23.5. The van der Waals surface area contributed by atoms with Gasteiger partial charge in [-0.05, 0) is 50.3 Å². The lowest BCUT2D eigenvalue weighted by Crippen LogP contribution is -2.35. The van der Waals surface area contributed by atoms with Crippen LogP contribution >= 0.6 is 24.0 Å². The number of pyridine rings is 1. The van der Waals surface area contributed by atoms with E-state index in [1.54, 1.807) is 17.2 Å². The van der Waals surface area contributed by atoms with Gasteiger partial charge in [-0.1, -0.05) is 30.0 Å². The molecular weight excluding hydrogens is 432 g/mol. The van der Waals surface area contributed by atoms with Crippen molar-refractivity contribution in [3.63, 3.8) is 0 Å². The maximum Gasteiger partial charge on any atom is 0.267 e. The van der Waals surface area contributed by atoms with Crippen molar-refractivity contribution >= 4 is 51.7 Å². The highest BCUT2D eigenvalue weighted by molar-refractivity contribution is 8.26. The molecule has 3 fully saturated rings. The van der Waals surface area contributed by atoms with Crippen molar-refractivity contribution in [3.8, 4) is 0 Å². The summed E-state index contributed by atoms with van der Waals surface area (Å²) in [6.07, 6.45) is 8.69. The summed E-state index contributed by atoms with van der Waals surface area (Å²) in [6.45, 7) is 2.91. The first-order valence-corrected chi connectivity index (χ1v) is 12.0. The largest absolute Gasteiger partial charge is 0.376 e. The standard InChI is InChI=1S/C22H24N4O3S2/c27-20-16(13-17-21(28)26(22(30)31-17)14-15-7-6-12-29-15)19(24-9-3-1-4-10-24)23-18-8-2-5-11-25(18)20/h2,5,8,11,13,15H,1,3-4,6-7,9-10,12,14H2. The van der Waals surface area contributed by atoms with Crippen LogP contribution in [0.5, 0.6) is 0 Å². The summed E-state index contributed by atoms with van der Waals surface area (Å²) in [7, 11) is 0. The van der Waals surface area contributed by atoms with Crippen LogP contribution in [-0.4, -0.2) is 56.9 Å². The second-order valence-electron chi connectivity index (χ2n) is 8.06. The first-order chi connectivity index (χ1) is 15.1. The molecule has 0 aromatic carbocycles. The third-order valence-electron chi connectivity index (χ3n) is 5.96. The van der Waals surface area contributed by atoms with Crippen LogP contribution in [0.15, 0.2) is 34.1 Å². The molecule has 1 unspecified atom stereocenters. The molecule has 3 saturated heterocycles. The van der Waals surface area contributed by atoms with Crippen LogP contribution in [0.2, 0.25) is 0 Å². The van der Waals surface area contributed by atoms with E-state index in [1.807, 2.05) is 18.2 Å². The number of piperidine rings is 1. The topological polar surface area (TPSA) is 67.2 Å². The van der Waals surface area contributed by atoms with Gasteiger partial charge in [-0.25, -0.2) is 4.98 Å². The van der Waals surface area contributed by atoms with Crippen molar-refractivity contribution in [2.45, 2.75) is 38.2 Å². The number of carbonyl (C=O) groups excluding carboxylic acids is 1. The van der Waals surface area contributed by atoms with Gasteiger partial charge < -0.3 is 9.64 Å². The van der Waals surface area contributed by atoms with Crippen molar-refractivity contribution in [2.75, 3.05) is 31.1 Å². The van der Waals surface area contributed by atoms with Crippen LogP contribution in [0.3, 0.4) is 0 Å². The van der Waals surface area contributed by atoms with Gasteiger partial charge in [-0.15, -0.1) is 0 Å². The number of carbonyl (C=O) groups is 1. The molecule has 0 spiro atoms. The van der Waals surface area contributed by atoms with Gasteiger partial charge in [0.2, 0.25) is 0 Å². The van der Waals surface area contributed by atoms with E-state index in [2.05, 4.69) is 4.90 Å². The highest BCUT2D eigenvalue weighted by atomic mass is 32.2. The fourth-order valence-corrected chi connectivity index (χ4v) is 5.60. The molecule has 7 nitrogen and oxygen atoms in total. The molecule has 2 aromatic heterocycles. The van der Waals surface area contributed by atoms with Gasteiger partial charge in [0, 0.05) is 25.9 Å². The molecule has 1 amide bonds. The van der Waals surface area contributed by atoms with Crippen molar-refractivity contribution in [1.82, 2.24) is 14.3 Å². The van der Waals surface area contributed by atoms with Crippen LogP contribution in [0, 0.1) is 0 Å². The van der Waals surface area contributed by atoms with Crippen LogP contribution in [0.4, 0.5) is 5.82 Å². The van der Waals surface area contributed by atoms with E-state index in [-0.39, 0.29) is 17.6 Å². The molecule has 3 aliphatic rings. The quantitative estimate of drug-likeness (QED) is 0.517. The maximum atomic E-state index is 13.4. The second kappa shape index (κ2) is 8.72. The molecule has 0 N–H and O–H groups in total. The number of nitrogens with zero attached hydrogens (tertiary/aromatic N) is 4. The molecule has 0 aliphatic carbocycles. The van der Waals surface area contributed by atoms with Crippen LogP contribution in [0.1, 0.15) is 37.7 Å². The Labute approximate surface area is 190 Å². The Morgan fingerprint density at radius 1 is 1.19 bits per heavy atom. The van der Waals surface area contributed by atoms with E-state index < -0.39 is 0 Å². The molecule has 0 saturated carbocycles. The minimum atomic E-state index is -0.171. The molecule has 9 heteroatoms. The zero-order valence-electron chi connectivity index (χ0n) is 17.2. The van der Waals surface area contributed by atoms with Gasteiger partial charge in [0.05, 0.1) is 23.1 Å². The fraction of sp³-hybridized carbons (Fsp3) is 0.455. The van der Waals surface area contributed by atoms with Gasteiger partial charge >= 0.3 is 0 Å². The Morgan fingerprint density at radius 3 is 2.81 bits per heavy atom. The number of anilines is 1. The minimum Gasteiger partial charge on any atom is -0.376 e. The Bertz CT molecular complexity index is 1120. The van der Waals surface area contributed by atoms with Crippen molar-refractivity contribution in [1.29, 1.82) is 0 Å². The van der Waals surface area contributed by atoms with Gasteiger partial charge in [-0.3, -0.25) is 18.9 Å². The molecular formula is C22H24N4O3S2. The molecule has 0 radical (unpaired) electrons. The van der Waals surface area contributed by atoms with Crippen molar-refractivity contribution in [2.24, 2.45) is 0 Å². The number of fused-ring (bicyclic) bond motifs is 1. The molecule has 1 atom stereocenters. The molecule has 5 rings (SSSR count). The third-order valence-corrected chi connectivity index (χ3v) is 7.34. The SMILES string of the molecule is O=C1C(=Cc2c(N3CCCCC3)nc3ccccn3c2=O)SC(=S)N1CC1CCCO1. The number of thiocarbonyl (C=S) groups is 1. The summed E-state index contributed by atoms with van der Waals surface area (Å²) in [5, 5.41) is 0. The molecule has 2 aromatic rings. The van der Waals surface area contributed by atoms with E-state index in [4.69, 9.17) is 21.9 Å². The number of aromatic nitrogens is 2. The number of thioether (sulfide) groups is 1. The predicted octanol–water partition coefficient (Wildman–Crippen LogP) is 3.07. The Kier molecular flexibility index (Phi) is 5.81. The summed E-state index contributed by atoms with van der Waals surface area (Å²) in [4.78, 5) is 35.6. The van der Waals surface area contributed by atoms with E-state index in [0.29, 0.717) is 32.8 Å². The summed E-state index contributed by atoms with van der Waals surface area (Å²) < 4.78 is 7.73. The Balaban J connectivity index is 1.55. The molecule has 162 valence electrons. The Morgan fingerprint density at radius 2 is 2.03 bits per heavy atom. The summed E-state index contributed by atoms with van der Waals surface area (Å²) in [5.74, 6) is 0.493. The zero-order chi connectivity index (χ0) is 21.4. The van der Waals surface area contributed by atoms with E-state index in [0.717, 1.165) is 45.4 Å².